The van der Waals surface area contributed by atoms with E-state index in [0.717, 1.165) is 52.6 Å². The second-order valence-electron chi connectivity index (χ2n) is 13.5. The van der Waals surface area contributed by atoms with Gasteiger partial charge in [0.25, 0.3) is 5.56 Å². The fraction of sp³-hybridized carbons (Fsp3) is 0.389. The van der Waals surface area contributed by atoms with E-state index >= 15 is 4.39 Å². The van der Waals surface area contributed by atoms with E-state index in [9.17, 15) is 4.79 Å². The van der Waals surface area contributed by atoms with Gasteiger partial charge in [-0.2, -0.15) is 10.2 Å². The minimum absolute atomic E-state index is 0.170. The van der Waals surface area contributed by atoms with Crippen LogP contribution >= 0.6 is 0 Å². The van der Waals surface area contributed by atoms with Crippen LogP contribution in [0, 0.1) is 18.7 Å². The molecule has 2 aromatic heterocycles. The number of hydrogen-bond donors (Lipinski definition) is 1. The molecule has 234 valence electrons. The van der Waals surface area contributed by atoms with E-state index in [4.69, 9.17) is 5.10 Å². The third-order valence-electron chi connectivity index (χ3n) is 9.18. The summed E-state index contributed by atoms with van der Waals surface area (Å²) >= 11 is 0. The number of aromatic nitrogens is 3. The molecule has 1 unspecified atom stereocenters. The lowest BCUT2D eigenvalue weighted by Gasteiger charge is -2.33. The Morgan fingerprint density at radius 3 is 2.47 bits per heavy atom. The van der Waals surface area contributed by atoms with Gasteiger partial charge in [0.1, 0.15) is 17.3 Å². The van der Waals surface area contributed by atoms with Gasteiger partial charge in [0.2, 0.25) is 0 Å². The first-order valence-electron chi connectivity index (χ1n) is 15.7. The molecule has 1 fully saturated rings. The Morgan fingerprint density at radius 2 is 1.78 bits per heavy atom. The number of fused-ring (bicyclic) bond motifs is 1. The fourth-order valence-electron chi connectivity index (χ4n) is 6.27. The maximum absolute atomic E-state index is 15.5. The third-order valence-corrected chi connectivity index (χ3v) is 9.18. The van der Waals surface area contributed by atoms with Crippen LogP contribution in [0.15, 0.2) is 64.6 Å². The molecule has 2 aromatic carbocycles. The zero-order valence-corrected chi connectivity index (χ0v) is 27.2. The molecule has 1 atom stereocenters. The lowest BCUT2D eigenvalue weighted by Crippen LogP contribution is -2.32. The van der Waals surface area contributed by atoms with Crippen molar-refractivity contribution in [2.24, 2.45) is 18.1 Å². The highest BCUT2D eigenvalue weighted by atomic mass is 19.1. The first kappa shape index (κ1) is 30.5. The number of nitrogens with one attached hydrogen (secondary N) is 1. The van der Waals surface area contributed by atoms with Crippen molar-refractivity contribution < 1.29 is 4.39 Å². The highest BCUT2D eigenvalue weighted by Gasteiger charge is 2.29. The Kier molecular flexibility index (Phi) is 7.97. The third kappa shape index (κ3) is 5.95. The number of anilines is 4. The average Bonchev–Trinajstić information content (AvgIpc) is 3.00. The zero-order chi connectivity index (χ0) is 32.0. The summed E-state index contributed by atoms with van der Waals surface area (Å²) in [6, 6.07) is 15.0. The molecule has 4 aromatic rings. The quantitative estimate of drug-likeness (QED) is 0.253. The highest BCUT2D eigenvalue weighted by molar-refractivity contribution is 5.86. The van der Waals surface area contributed by atoms with Crippen molar-refractivity contribution in [1.29, 1.82) is 0 Å². The number of nitrogens with zero attached hydrogens (tertiary/aromatic N) is 6. The number of benzene rings is 2. The summed E-state index contributed by atoms with van der Waals surface area (Å²) < 4.78 is 16.9. The molecule has 2 aliphatic rings. The maximum Gasteiger partial charge on any atom is 0.290 e. The molecule has 4 heterocycles. The van der Waals surface area contributed by atoms with Gasteiger partial charge in [-0.15, -0.1) is 0 Å². The normalized spacial score (nSPS) is 17.0. The predicted octanol–water partition coefficient (Wildman–Crippen LogP) is 7.48. The van der Waals surface area contributed by atoms with Gasteiger partial charge >= 0.3 is 0 Å². The van der Waals surface area contributed by atoms with Gasteiger partial charge in [-0.1, -0.05) is 39.8 Å². The van der Waals surface area contributed by atoms with Crippen molar-refractivity contribution in [3.05, 3.63) is 93.2 Å². The molecular formula is C36H42FN7O. The molecule has 1 saturated heterocycles. The molecule has 0 radical (unpaired) electrons. The SMILES string of the molecule is Cc1c(-c2cc(Nc3ccc(N4CCC(C)CC4)cn3)c(=O)n(C)n2)cccc1N1N=Cc2cc(C(C)(C)C)cc(F)c2C1C. The Bertz CT molecular complexity index is 1820. The van der Waals surface area contributed by atoms with Crippen LogP contribution < -0.4 is 20.8 Å². The summed E-state index contributed by atoms with van der Waals surface area (Å²) in [4.78, 5) is 20.1. The van der Waals surface area contributed by atoms with E-state index in [0.29, 0.717) is 22.8 Å². The summed E-state index contributed by atoms with van der Waals surface area (Å²) in [7, 11) is 1.65. The Morgan fingerprint density at radius 1 is 1.02 bits per heavy atom. The van der Waals surface area contributed by atoms with Crippen LogP contribution in [0.4, 0.5) is 27.3 Å². The van der Waals surface area contributed by atoms with Gasteiger partial charge in [0.15, 0.2) is 0 Å². The van der Waals surface area contributed by atoms with E-state index in [1.807, 2.05) is 55.4 Å². The smallest absolute Gasteiger partial charge is 0.290 e. The van der Waals surface area contributed by atoms with Crippen molar-refractivity contribution >= 4 is 29.1 Å². The van der Waals surface area contributed by atoms with Crippen LogP contribution in [-0.4, -0.2) is 34.1 Å². The lowest BCUT2D eigenvalue weighted by atomic mass is 9.84. The second-order valence-corrected chi connectivity index (χ2v) is 13.5. The van der Waals surface area contributed by atoms with Crippen LogP contribution in [-0.2, 0) is 12.5 Å². The number of hydrazone groups is 1. The second kappa shape index (κ2) is 11.8. The molecule has 0 spiro atoms. The molecule has 6 rings (SSSR count). The van der Waals surface area contributed by atoms with Crippen LogP contribution in [0.1, 0.15) is 75.8 Å². The van der Waals surface area contributed by atoms with Crippen molar-refractivity contribution in [3.8, 4) is 11.3 Å². The number of pyridine rings is 1. The van der Waals surface area contributed by atoms with Crippen molar-refractivity contribution in [2.45, 2.75) is 65.8 Å². The van der Waals surface area contributed by atoms with Crippen molar-refractivity contribution in [1.82, 2.24) is 14.8 Å². The van der Waals surface area contributed by atoms with Crippen molar-refractivity contribution in [2.75, 3.05) is 28.3 Å². The van der Waals surface area contributed by atoms with Gasteiger partial charge in [-0.25, -0.2) is 14.1 Å². The van der Waals surface area contributed by atoms with Crippen LogP contribution in [0.3, 0.4) is 0 Å². The minimum Gasteiger partial charge on any atom is -0.370 e. The van der Waals surface area contributed by atoms with Gasteiger partial charge in [-0.05, 0) is 85.5 Å². The lowest BCUT2D eigenvalue weighted by molar-refractivity contribution is 0.438. The molecular weight excluding hydrogens is 565 g/mol. The molecule has 45 heavy (non-hydrogen) atoms. The first-order valence-corrected chi connectivity index (χ1v) is 15.7. The van der Waals surface area contributed by atoms with Gasteiger partial charge in [-0.3, -0.25) is 9.80 Å². The van der Waals surface area contributed by atoms with Gasteiger partial charge in [0, 0.05) is 36.8 Å². The number of rotatable bonds is 5. The molecule has 0 saturated carbocycles. The molecule has 8 nitrogen and oxygen atoms in total. The Labute approximate surface area is 264 Å². The summed E-state index contributed by atoms with van der Waals surface area (Å²) in [6.45, 7) is 14.6. The van der Waals surface area contributed by atoms with Gasteiger partial charge in [0.05, 0.1) is 35.5 Å². The standard InChI is InChI=1S/C36H42FN7O/c1-22-13-15-43(16-14-22)27-11-12-33(38-21-27)40-31-19-30(41-42(7)35(31)45)28-9-8-10-32(23(28)2)44-24(3)34-25(20-39-44)17-26(18-29(34)37)36(4,5)6/h8-12,17-22,24H,13-16H2,1-7H3,(H,38,40). The van der Waals surface area contributed by atoms with E-state index in [-0.39, 0.29) is 22.8 Å². The number of aryl methyl sites for hydroxylation is 1. The molecule has 9 heteroatoms. The average molecular weight is 608 g/mol. The molecule has 0 amide bonds. The number of halogens is 1. The minimum atomic E-state index is -0.319. The van der Waals surface area contributed by atoms with Crippen molar-refractivity contribution in [3.63, 3.8) is 0 Å². The van der Waals surface area contributed by atoms with Crippen LogP contribution in [0.2, 0.25) is 0 Å². The summed E-state index contributed by atoms with van der Waals surface area (Å²) in [6.07, 6.45) is 5.98. The topological polar surface area (TPSA) is 78.7 Å². The Hall–Kier alpha value is -4.53. The predicted molar refractivity (Wildman–Crippen MR) is 181 cm³/mol. The van der Waals surface area contributed by atoms with E-state index in [1.165, 1.54) is 17.5 Å². The number of hydrogen-bond acceptors (Lipinski definition) is 7. The van der Waals surface area contributed by atoms with E-state index < -0.39 is 0 Å². The Balaban J connectivity index is 1.29. The number of piperidine rings is 1. The first-order chi connectivity index (χ1) is 21.4. The van der Waals surface area contributed by atoms with E-state index in [2.05, 4.69) is 54.1 Å². The fourth-order valence-corrected chi connectivity index (χ4v) is 6.27. The van der Waals surface area contributed by atoms with Gasteiger partial charge < -0.3 is 10.2 Å². The zero-order valence-electron chi connectivity index (χ0n) is 27.2. The molecule has 0 bridgehead atoms. The van der Waals surface area contributed by atoms with Crippen LogP contribution in [0.5, 0.6) is 0 Å². The largest absolute Gasteiger partial charge is 0.370 e. The van der Waals surface area contributed by atoms with Crippen LogP contribution in [0.25, 0.3) is 11.3 Å². The molecule has 1 N–H and O–H groups in total. The monoisotopic (exact) mass is 607 g/mol. The molecule has 0 aliphatic carbocycles. The van der Waals surface area contributed by atoms with E-state index in [1.54, 1.807) is 25.4 Å². The summed E-state index contributed by atoms with van der Waals surface area (Å²) in [5.74, 6) is 1.13. The maximum atomic E-state index is 15.5. The summed E-state index contributed by atoms with van der Waals surface area (Å²) in [5, 5.41) is 14.4. The highest BCUT2D eigenvalue weighted by Crippen LogP contribution is 2.39. The summed E-state index contributed by atoms with van der Waals surface area (Å²) in [5.41, 5.74) is 6.68. The molecule has 2 aliphatic heterocycles.